The average molecular weight is 377 g/mol. The molecule has 5 heteroatoms. The topological polar surface area (TPSA) is 63.7 Å². The third-order valence-corrected chi connectivity index (χ3v) is 4.71. The van der Waals surface area contributed by atoms with Gasteiger partial charge < -0.3 is 9.64 Å². The van der Waals surface area contributed by atoms with Crippen LogP contribution < -0.4 is 0 Å². The van der Waals surface area contributed by atoms with Gasteiger partial charge in [0.05, 0.1) is 6.42 Å². The summed E-state index contributed by atoms with van der Waals surface area (Å²) in [6, 6.07) is 18.9. The number of benzene rings is 2. The summed E-state index contributed by atoms with van der Waals surface area (Å²) in [4.78, 5) is 37.8. The highest BCUT2D eigenvalue weighted by molar-refractivity contribution is 5.97. The number of amides is 1. The second-order valence-electron chi connectivity index (χ2n) is 6.64. The normalized spacial score (nSPS) is 13.6. The average Bonchev–Trinajstić information content (AvgIpc) is 2.77. The van der Waals surface area contributed by atoms with Crippen LogP contribution in [0.5, 0.6) is 0 Å². The van der Waals surface area contributed by atoms with E-state index in [1.165, 1.54) is 11.1 Å². The van der Waals surface area contributed by atoms with Crippen molar-refractivity contribution in [1.82, 2.24) is 4.90 Å². The first-order valence-corrected chi connectivity index (χ1v) is 9.39. The van der Waals surface area contributed by atoms with Crippen LogP contribution in [0.1, 0.15) is 35.2 Å². The van der Waals surface area contributed by atoms with E-state index in [0.717, 1.165) is 6.42 Å². The zero-order valence-electron chi connectivity index (χ0n) is 15.7. The molecule has 1 amide bonds. The number of esters is 1. The van der Waals surface area contributed by atoms with Gasteiger partial charge in [-0.05, 0) is 17.6 Å². The fourth-order valence-corrected chi connectivity index (χ4v) is 3.10. The minimum atomic E-state index is -0.532. The number of ether oxygens (including phenoxy) is 1. The van der Waals surface area contributed by atoms with Crippen LogP contribution in [-0.4, -0.2) is 42.3 Å². The van der Waals surface area contributed by atoms with E-state index < -0.39 is 5.97 Å². The largest absolute Gasteiger partial charge is 0.456 e. The Labute approximate surface area is 164 Å². The van der Waals surface area contributed by atoms with Crippen LogP contribution in [0, 0.1) is 0 Å². The molecule has 2 aromatic rings. The number of hydrogen-bond acceptors (Lipinski definition) is 4. The quantitative estimate of drug-likeness (QED) is 0.547. The van der Waals surface area contributed by atoms with E-state index in [9.17, 15) is 14.4 Å². The monoisotopic (exact) mass is 377 g/mol. The Morgan fingerprint density at radius 1 is 0.893 bits per heavy atom. The Morgan fingerprint density at radius 3 is 2.21 bits per heavy atom. The summed E-state index contributed by atoms with van der Waals surface area (Å²) in [6.45, 7) is 0.823. The van der Waals surface area contributed by atoms with E-state index in [0.29, 0.717) is 18.7 Å². The maximum Gasteiger partial charge on any atom is 0.306 e. The first-order chi connectivity index (χ1) is 13.6. The van der Waals surface area contributed by atoms with E-state index in [1.807, 2.05) is 30.3 Å². The lowest BCUT2D eigenvalue weighted by Crippen LogP contribution is -2.37. The highest BCUT2D eigenvalue weighted by Crippen LogP contribution is 2.22. The fraction of sp³-hybridized carbons (Fsp3) is 0.261. The van der Waals surface area contributed by atoms with Gasteiger partial charge in [0.25, 0.3) is 5.91 Å². The summed E-state index contributed by atoms with van der Waals surface area (Å²) < 4.78 is 5.05. The van der Waals surface area contributed by atoms with Gasteiger partial charge in [-0.1, -0.05) is 66.7 Å². The number of nitrogens with zero attached hydrogens (tertiary/aromatic N) is 1. The van der Waals surface area contributed by atoms with E-state index in [-0.39, 0.29) is 31.1 Å². The van der Waals surface area contributed by atoms with Crippen molar-refractivity contribution in [2.24, 2.45) is 0 Å². The second-order valence-corrected chi connectivity index (χ2v) is 6.64. The van der Waals surface area contributed by atoms with Crippen molar-refractivity contribution in [2.75, 3.05) is 19.7 Å². The molecule has 3 rings (SSSR count). The summed E-state index contributed by atoms with van der Waals surface area (Å²) >= 11 is 0. The van der Waals surface area contributed by atoms with Crippen LogP contribution in [0.3, 0.4) is 0 Å². The van der Waals surface area contributed by atoms with Gasteiger partial charge in [0, 0.05) is 25.1 Å². The molecule has 0 saturated heterocycles. The molecule has 1 aliphatic heterocycles. The fourth-order valence-electron chi connectivity index (χ4n) is 3.10. The van der Waals surface area contributed by atoms with Crippen LogP contribution in [0.25, 0.3) is 5.57 Å². The molecule has 28 heavy (non-hydrogen) atoms. The molecule has 0 aromatic heterocycles. The van der Waals surface area contributed by atoms with E-state index in [1.54, 1.807) is 29.2 Å². The van der Waals surface area contributed by atoms with Gasteiger partial charge in [-0.15, -0.1) is 0 Å². The Balaban J connectivity index is 1.40. The number of carbonyl (C=O) groups excluding carboxylic acids is 3. The lowest BCUT2D eigenvalue weighted by Gasteiger charge is -2.26. The highest BCUT2D eigenvalue weighted by Gasteiger charge is 2.19. The van der Waals surface area contributed by atoms with Crippen molar-refractivity contribution >= 4 is 23.2 Å². The molecule has 1 heterocycles. The molecule has 0 fully saturated rings. The summed E-state index contributed by atoms with van der Waals surface area (Å²) in [7, 11) is 0. The molecule has 0 spiro atoms. The minimum absolute atomic E-state index is 0.0287. The van der Waals surface area contributed by atoms with Crippen LogP contribution in [-0.2, 0) is 14.3 Å². The lowest BCUT2D eigenvalue weighted by atomic mass is 10.00. The third kappa shape index (κ3) is 5.39. The predicted octanol–water partition coefficient (Wildman–Crippen LogP) is 3.51. The molecule has 144 valence electrons. The van der Waals surface area contributed by atoms with Crippen molar-refractivity contribution in [3.8, 4) is 0 Å². The van der Waals surface area contributed by atoms with Crippen molar-refractivity contribution in [3.63, 3.8) is 0 Å². The maximum atomic E-state index is 12.3. The van der Waals surface area contributed by atoms with E-state index in [4.69, 9.17) is 4.74 Å². The van der Waals surface area contributed by atoms with Crippen LogP contribution in [0.2, 0.25) is 0 Å². The van der Waals surface area contributed by atoms with Crippen molar-refractivity contribution in [3.05, 3.63) is 77.9 Å². The van der Waals surface area contributed by atoms with Gasteiger partial charge in [-0.2, -0.15) is 0 Å². The minimum Gasteiger partial charge on any atom is -0.456 e. The molecule has 5 nitrogen and oxygen atoms in total. The molecule has 0 atom stereocenters. The van der Waals surface area contributed by atoms with Crippen LogP contribution in [0.15, 0.2) is 66.7 Å². The molecular formula is C23H23NO4. The first kappa shape index (κ1) is 19.5. The van der Waals surface area contributed by atoms with Gasteiger partial charge in [0.2, 0.25) is 0 Å². The van der Waals surface area contributed by atoms with E-state index in [2.05, 4.69) is 12.1 Å². The van der Waals surface area contributed by atoms with Crippen LogP contribution in [0.4, 0.5) is 0 Å². The van der Waals surface area contributed by atoms with Crippen molar-refractivity contribution in [1.29, 1.82) is 0 Å². The molecule has 0 saturated carbocycles. The second kappa shape index (κ2) is 9.65. The van der Waals surface area contributed by atoms with Crippen molar-refractivity contribution < 1.29 is 19.1 Å². The number of ketones is 1. The molecule has 1 aliphatic rings. The number of hydrogen-bond donors (Lipinski definition) is 0. The summed E-state index contributed by atoms with van der Waals surface area (Å²) in [5, 5.41) is 0. The maximum absolute atomic E-state index is 12.3. The zero-order valence-corrected chi connectivity index (χ0v) is 15.7. The van der Waals surface area contributed by atoms with Gasteiger partial charge >= 0.3 is 5.97 Å². The lowest BCUT2D eigenvalue weighted by molar-refractivity contribution is -0.151. The standard InChI is InChI=1S/C23H23NO4/c25-21(20-9-5-2-6-10-20)11-12-23(27)28-17-22(26)24-15-13-19(14-16-24)18-7-3-1-4-8-18/h1-10,13H,11-12,14-17H2. The smallest absolute Gasteiger partial charge is 0.306 e. The SMILES string of the molecule is O=C(CCC(=O)c1ccccc1)OCC(=O)N1CC=C(c2ccccc2)CC1. The summed E-state index contributed by atoms with van der Waals surface area (Å²) in [5.74, 6) is -0.861. The zero-order chi connectivity index (χ0) is 19.8. The van der Waals surface area contributed by atoms with Gasteiger partial charge in [0.1, 0.15) is 0 Å². The van der Waals surface area contributed by atoms with Crippen molar-refractivity contribution in [2.45, 2.75) is 19.3 Å². The number of carbonyl (C=O) groups is 3. The molecule has 0 aliphatic carbocycles. The first-order valence-electron chi connectivity index (χ1n) is 9.39. The Morgan fingerprint density at radius 2 is 1.57 bits per heavy atom. The Hall–Kier alpha value is -3.21. The highest BCUT2D eigenvalue weighted by atomic mass is 16.5. The molecule has 0 unspecified atom stereocenters. The molecule has 0 radical (unpaired) electrons. The number of rotatable bonds is 7. The van der Waals surface area contributed by atoms with E-state index >= 15 is 0 Å². The Bertz CT molecular complexity index is 859. The summed E-state index contributed by atoms with van der Waals surface area (Å²) in [6.07, 6.45) is 2.86. The Kier molecular flexibility index (Phi) is 6.73. The molecule has 2 aromatic carbocycles. The summed E-state index contributed by atoms with van der Waals surface area (Å²) in [5.41, 5.74) is 2.96. The molecule has 0 N–H and O–H groups in total. The van der Waals surface area contributed by atoms with Gasteiger partial charge in [0.15, 0.2) is 12.4 Å². The molecule has 0 bridgehead atoms. The molecular weight excluding hydrogens is 354 g/mol. The predicted molar refractivity (Wildman–Crippen MR) is 107 cm³/mol. The number of Topliss-reactive ketones (excluding diaryl/α,β-unsaturated/α-hetero) is 1. The van der Waals surface area contributed by atoms with Gasteiger partial charge in [-0.25, -0.2) is 0 Å². The third-order valence-electron chi connectivity index (χ3n) is 4.71. The van der Waals surface area contributed by atoms with Gasteiger partial charge in [-0.3, -0.25) is 14.4 Å². The van der Waals surface area contributed by atoms with Crippen LogP contribution >= 0.6 is 0 Å².